The van der Waals surface area contributed by atoms with Crippen LogP contribution in [-0.2, 0) is 31.8 Å². The largest absolute Gasteiger partial charge is 0.490 e. The molecule has 0 unspecified atom stereocenters. The van der Waals surface area contributed by atoms with Crippen LogP contribution in [0.2, 0.25) is 5.02 Å². The minimum absolute atomic E-state index is 0.0137. The van der Waals surface area contributed by atoms with Gasteiger partial charge >= 0.3 is 0 Å². The number of para-hydroxylation sites is 1. The summed E-state index contributed by atoms with van der Waals surface area (Å²) in [5.74, 6) is -0.0967. The van der Waals surface area contributed by atoms with Gasteiger partial charge in [0.25, 0.3) is 10.0 Å². The van der Waals surface area contributed by atoms with E-state index in [2.05, 4.69) is 14.7 Å². The lowest BCUT2D eigenvalue weighted by molar-refractivity contribution is -0.130. The summed E-state index contributed by atoms with van der Waals surface area (Å²) in [5, 5.41) is 51.1. The van der Waals surface area contributed by atoms with Crippen molar-refractivity contribution in [3.63, 3.8) is 0 Å². The lowest BCUT2D eigenvalue weighted by Gasteiger charge is -2.28. The molecule has 15 heteroatoms. The van der Waals surface area contributed by atoms with Crippen LogP contribution in [0.1, 0.15) is 62.5 Å². The van der Waals surface area contributed by atoms with Crippen molar-refractivity contribution in [1.82, 2.24) is 10.3 Å². The molecule has 0 bridgehead atoms. The number of aromatic nitrogens is 1. The van der Waals surface area contributed by atoms with Crippen molar-refractivity contribution < 1.29 is 48.2 Å². The highest BCUT2D eigenvalue weighted by atomic mass is 35.5. The zero-order chi connectivity index (χ0) is 37.8. The zero-order valence-corrected chi connectivity index (χ0v) is 30.7. The second kappa shape index (κ2) is 16.9. The van der Waals surface area contributed by atoms with Crippen LogP contribution in [0.4, 0.5) is 0 Å². The molecule has 1 heterocycles. The van der Waals surface area contributed by atoms with E-state index in [1.165, 1.54) is 24.4 Å². The number of aliphatic hydroxyl groups excluding tert-OH is 5. The SMILES string of the molecule is O=C(NC[C@H](O)[C@@H](O)[C@H](O)[C@H](O)CO)C1CCC(C=NS(=O)(=O)c2ccc(Cl)c(COC3(c4cnccc4-c4ccccc4OC4CC4)CC3)c2)CC1. The highest BCUT2D eigenvalue weighted by molar-refractivity contribution is 7.90. The van der Waals surface area contributed by atoms with Gasteiger partial charge in [0.05, 0.1) is 35.9 Å². The Morgan fingerprint density at radius 3 is 2.40 bits per heavy atom. The Labute approximate surface area is 313 Å². The topological polar surface area (TPSA) is 208 Å². The third-order valence-corrected chi connectivity index (χ3v) is 11.8. The number of nitrogens with zero attached hydrogens (tertiary/aromatic N) is 2. The number of ether oxygens (including phenoxy) is 2. The molecule has 3 saturated carbocycles. The van der Waals surface area contributed by atoms with Gasteiger partial charge in [-0.2, -0.15) is 12.8 Å². The molecule has 3 aliphatic rings. The normalized spacial score (nSPS) is 22.2. The summed E-state index contributed by atoms with van der Waals surface area (Å²) in [6.07, 6.45) is 4.04. The number of nitrogens with one attached hydrogen (secondary N) is 1. The molecular formula is C38H46ClN3O10S. The Bertz CT molecular complexity index is 1880. The predicted molar refractivity (Wildman–Crippen MR) is 196 cm³/mol. The lowest BCUT2D eigenvalue weighted by Crippen LogP contribution is -2.50. The average molecular weight is 772 g/mol. The quantitative estimate of drug-likeness (QED) is 0.110. The minimum Gasteiger partial charge on any atom is -0.490 e. The van der Waals surface area contributed by atoms with Crippen molar-refractivity contribution in [1.29, 1.82) is 0 Å². The number of halogens is 1. The van der Waals surface area contributed by atoms with Gasteiger partial charge in [-0.15, -0.1) is 0 Å². The third kappa shape index (κ3) is 9.62. The maximum Gasteiger partial charge on any atom is 0.281 e. The Morgan fingerprint density at radius 2 is 1.70 bits per heavy atom. The van der Waals surface area contributed by atoms with E-state index >= 15 is 0 Å². The molecule has 0 aliphatic heterocycles. The van der Waals surface area contributed by atoms with E-state index < -0.39 is 52.6 Å². The van der Waals surface area contributed by atoms with Crippen LogP contribution in [-0.4, -0.2) is 94.7 Å². The van der Waals surface area contributed by atoms with Crippen LogP contribution in [0.25, 0.3) is 11.1 Å². The molecule has 1 amide bonds. The third-order valence-electron chi connectivity index (χ3n) is 10.2. The van der Waals surface area contributed by atoms with E-state index in [9.17, 15) is 33.6 Å². The standard InChI is InChI=1S/C38H46ClN3O10S/c39-31-12-11-27(53(49,50)42-18-23-5-7-24(8-6-23)37(48)41-20-32(44)35(46)36(47)33(45)21-43)17-25(31)22-51-38(14-15-38)30-19-40-16-13-28(30)29-3-1-2-4-34(29)52-26-9-10-26/h1-4,11-13,16-19,23-24,26,32-33,35-36,43-47H,5-10,14-15,20-22H2,(H,41,48)/t23?,24?,32-,33+,35+,36+/m0/s1. The van der Waals surface area contributed by atoms with Crippen LogP contribution in [0, 0.1) is 11.8 Å². The fraction of sp³-hybridized carbons (Fsp3) is 0.500. The number of carbonyl (C=O) groups excluding carboxylic acids is 1. The van der Waals surface area contributed by atoms with Crippen LogP contribution < -0.4 is 10.1 Å². The highest BCUT2D eigenvalue weighted by Gasteiger charge is 2.48. The van der Waals surface area contributed by atoms with Gasteiger partial charge in [-0.25, -0.2) is 0 Å². The number of aliphatic hydroxyl groups is 5. The summed E-state index contributed by atoms with van der Waals surface area (Å²) in [6, 6.07) is 14.3. The summed E-state index contributed by atoms with van der Waals surface area (Å²) in [6.45, 7) is -1.09. The molecule has 4 atom stereocenters. The van der Waals surface area contributed by atoms with E-state index in [0.717, 1.165) is 48.1 Å². The smallest absolute Gasteiger partial charge is 0.281 e. The number of hydrogen-bond acceptors (Lipinski definition) is 11. The molecule has 3 aromatic rings. The number of pyridine rings is 1. The van der Waals surface area contributed by atoms with Crippen molar-refractivity contribution in [3.05, 3.63) is 77.1 Å². The maximum absolute atomic E-state index is 13.3. The summed E-state index contributed by atoms with van der Waals surface area (Å²) in [4.78, 5) is 17.1. The van der Waals surface area contributed by atoms with Gasteiger partial charge in [0, 0.05) is 47.2 Å². The molecule has 6 N–H and O–H groups in total. The predicted octanol–water partition coefficient (Wildman–Crippen LogP) is 3.27. The molecular weight excluding hydrogens is 726 g/mol. The summed E-state index contributed by atoms with van der Waals surface area (Å²) in [5.41, 5.74) is 2.80. The van der Waals surface area contributed by atoms with Crippen molar-refractivity contribution >= 4 is 33.7 Å². The first-order valence-electron chi connectivity index (χ1n) is 17.9. The number of sulfonamides is 1. The van der Waals surface area contributed by atoms with E-state index in [-0.39, 0.29) is 36.0 Å². The van der Waals surface area contributed by atoms with Crippen molar-refractivity contribution in [2.24, 2.45) is 16.2 Å². The van der Waals surface area contributed by atoms with Crippen LogP contribution in [0.5, 0.6) is 5.75 Å². The molecule has 0 spiro atoms. The van der Waals surface area contributed by atoms with E-state index in [1.54, 1.807) is 6.20 Å². The molecule has 1 aromatic heterocycles. The second-order valence-corrected chi connectivity index (χ2v) is 16.2. The van der Waals surface area contributed by atoms with E-state index in [0.29, 0.717) is 36.3 Å². The Hall–Kier alpha value is -3.47. The summed E-state index contributed by atoms with van der Waals surface area (Å²) in [7, 11) is -4.07. The van der Waals surface area contributed by atoms with Crippen LogP contribution in [0.3, 0.4) is 0 Å². The Kier molecular flexibility index (Phi) is 12.5. The first-order valence-corrected chi connectivity index (χ1v) is 19.8. The molecule has 3 fully saturated rings. The summed E-state index contributed by atoms with van der Waals surface area (Å²) >= 11 is 6.54. The number of amides is 1. The average Bonchev–Trinajstić information content (AvgIpc) is 4.13. The number of benzene rings is 2. The number of hydrogen-bond donors (Lipinski definition) is 6. The van der Waals surface area contributed by atoms with Gasteiger partial charge in [0.1, 0.15) is 24.1 Å². The van der Waals surface area contributed by atoms with Crippen molar-refractivity contribution in [3.8, 4) is 16.9 Å². The fourth-order valence-electron chi connectivity index (χ4n) is 6.58. The van der Waals surface area contributed by atoms with Gasteiger partial charge in [0.15, 0.2) is 0 Å². The van der Waals surface area contributed by atoms with E-state index in [1.807, 2.05) is 36.5 Å². The molecule has 2 aromatic carbocycles. The fourth-order valence-corrected chi connectivity index (χ4v) is 7.74. The molecule has 6 rings (SSSR count). The van der Waals surface area contributed by atoms with Gasteiger partial charge < -0.3 is 40.3 Å². The van der Waals surface area contributed by atoms with Gasteiger partial charge in [0.2, 0.25) is 5.91 Å². The highest BCUT2D eigenvalue weighted by Crippen LogP contribution is 2.53. The molecule has 53 heavy (non-hydrogen) atoms. The zero-order valence-electron chi connectivity index (χ0n) is 29.1. The minimum atomic E-state index is -4.07. The van der Waals surface area contributed by atoms with Crippen molar-refractivity contribution in [2.75, 3.05) is 13.2 Å². The Morgan fingerprint density at radius 1 is 0.981 bits per heavy atom. The monoisotopic (exact) mass is 771 g/mol. The van der Waals surface area contributed by atoms with Gasteiger partial charge in [-0.05, 0) is 98.7 Å². The second-order valence-electron chi connectivity index (χ2n) is 14.2. The lowest BCUT2D eigenvalue weighted by atomic mass is 9.82. The molecule has 13 nitrogen and oxygen atoms in total. The Balaban J connectivity index is 1.04. The molecule has 0 radical (unpaired) electrons. The number of rotatable bonds is 17. The van der Waals surface area contributed by atoms with Gasteiger partial charge in [-0.3, -0.25) is 9.78 Å². The maximum atomic E-state index is 13.3. The van der Waals surface area contributed by atoms with Crippen LogP contribution >= 0.6 is 11.6 Å². The molecule has 286 valence electrons. The summed E-state index contributed by atoms with van der Waals surface area (Å²) < 4.78 is 43.3. The van der Waals surface area contributed by atoms with E-state index in [4.69, 9.17) is 26.2 Å². The van der Waals surface area contributed by atoms with Crippen molar-refractivity contribution in [2.45, 2.75) is 99.0 Å². The molecule has 0 saturated heterocycles. The van der Waals surface area contributed by atoms with Crippen LogP contribution in [0.15, 0.2) is 70.2 Å². The molecule has 3 aliphatic carbocycles. The first-order chi connectivity index (χ1) is 25.4. The first kappa shape index (κ1) is 39.2. The van der Waals surface area contributed by atoms with Gasteiger partial charge in [-0.1, -0.05) is 29.8 Å². The number of carbonyl (C=O) groups is 1.